The molecule has 0 aliphatic rings. The number of aromatic carboxylic acids is 1. The van der Waals surface area contributed by atoms with Crippen LogP contribution in [0.5, 0.6) is 5.75 Å². The van der Waals surface area contributed by atoms with Crippen molar-refractivity contribution in [3.8, 4) is 5.75 Å². The van der Waals surface area contributed by atoms with Crippen LogP contribution in [0.2, 0.25) is 5.02 Å². The van der Waals surface area contributed by atoms with Crippen molar-refractivity contribution in [2.24, 2.45) is 0 Å². The van der Waals surface area contributed by atoms with Crippen molar-refractivity contribution in [3.63, 3.8) is 0 Å². The van der Waals surface area contributed by atoms with Crippen LogP contribution in [0.3, 0.4) is 0 Å². The summed E-state index contributed by atoms with van der Waals surface area (Å²) in [5.41, 5.74) is -0.196. The number of halogens is 2. The number of hydrogen-bond donors (Lipinski definition) is 1. The largest absolute Gasteiger partial charge is 0.495 e. The highest BCUT2D eigenvalue weighted by Crippen LogP contribution is 2.28. The Morgan fingerprint density at radius 1 is 1.62 bits per heavy atom. The minimum Gasteiger partial charge on any atom is -0.495 e. The molecular formula is C8H6ClFO3. The molecule has 0 unspecified atom stereocenters. The van der Waals surface area contributed by atoms with Crippen LogP contribution >= 0.6 is 11.6 Å². The molecule has 1 rings (SSSR count). The molecule has 1 aromatic carbocycles. The maximum Gasteiger partial charge on any atom is 0.335 e. The lowest BCUT2D eigenvalue weighted by Gasteiger charge is -2.04. The van der Waals surface area contributed by atoms with E-state index in [1.54, 1.807) is 0 Å². The van der Waals surface area contributed by atoms with Gasteiger partial charge in [0.15, 0.2) is 0 Å². The van der Waals surface area contributed by atoms with Crippen LogP contribution in [0.15, 0.2) is 12.1 Å². The Morgan fingerprint density at radius 2 is 2.23 bits per heavy atom. The minimum absolute atomic E-state index is 0.0130. The van der Waals surface area contributed by atoms with Gasteiger partial charge in [0.2, 0.25) is 0 Å². The molecule has 0 fully saturated rings. The Kier molecular flexibility index (Phi) is 2.72. The Hall–Kier alpha value is -1.29. The average molecular weight is 205 g/mol. The van der Waals surface area contributed by atoms with Gasteiger partial charge in [0.05, 0.1) is 12.7 Å². The van der Waals surface area contributed by atoms with Gasteiger partial charge in [-0.1, -0.05) is 11.6 Å². The molecule has 1 N–H and O–H groups in total. The molecule has 0 spiro atoms. The van der Waals surface area contributed by atoms with Crippen molar-refractivity contribution in [1.82, 2.24) is 0 Å². The lowest BCUT2D eigenvalue weighted by Crippen LogP contribution is -1.99. The summed E-state index contributed by atoms with van der Waals surface area (Å²) < 4.78 is 17.6. The average Bonchev–Trinajstić information content (AvgIpc) is 2.09. The third-order valence-corrected chi connectivity index (χ3v) is 1.83. The standard InChI is InChI=1S/C8H6ClFO3/c1-13-6-3-4(8(11)12)2-5(10)7(6)9/h2-3H,1H3,(H,11,12). The van der Waals surface area contributed by atoms with E-state index in [4.69, 9.17) is 16.7 Å². The van der Waals surface area contributed by atoms with Crippen LogP contribution in [-0.4, -0.2) is 18.2 Å². The van der Waals surface area contributed by atoms with Crippen molar-refractivity contribution >= 4 is 17.6 Å². The Balaban J connectivity index is 3.30. The highest BCUT2D eigenvalue weighted by molar-refractivity contribution is 6.32. The zero-order chi connectivity index (χ0) is 10.0. The first-order chi connectivity index (χ1) is 6.06. The van der Waals surface area contributed by atoms with Gasteiger partial charge in [-0.05, 0) is 12.1 Å². The van der Waals surface area contributed by atoms with Crippen LogP contribution in [0.4, 0.5) is 4.39 Å². The molecule has 5 heteroatoms. The van der Waals surface area contributed by atoms with Gasteiger partial charge in [-0.25, -0.2) is 9.18 Å². The molecule has 1 aromatic rings. The molecule has 3 nitrogen and oxygen atoms in total. The summed E-state index contributed by atoms with van der Waals surface area (Å²) in [4.78, 5) is 10.5. The number of carboxylic acid groups (broad SMARTS) is 1. The van der Waals surface area contributed by atoms with Crippen LogP contribution in [0.25, 0.3) is 0 Å². The molecule has 70 valence electrons. The molecule has 0 heterocycles. The summed E-state index contributed by atoms with van der Waals surface area (Å²) in [6.07, 6.45) is 0. The van der Waals surface area contributed by atoms with E-state index in [1.165, 1.54) is 7.11 Å². The van der Waals surface area contributed by atoms with E-state index >= 15 is 0 Å². The van der Waals surface area contributed by atoms with Crippen molar-refractivity contribution in [2.45, 2.75) is 0 Å². The fourth-order valence-corrected chi connectivity index (χ4v) is 1.02. The molecule has 0 amide bonds. The summed E-state index contributed by atoms with van der Waals surface area (Å²) in [7, 11) is 1.28. The van der Waals surface area contributed by atoms with Gasteiger partial charge in [-0.3, -0.25) is 0 Å². The second kappa shape index (κ2) is 3.62. The van der Waals surface area contributed by atoms with Gasteiger partial charge in [0.25, 0.3) is 0 Å². The van der Waals surface area contributed by atoms with Gasteiger partial charge in [-0.15, -0.1) is 0 Å². The predicted molar refractivity (Wildman–Crippen MR) is 44.9 cm³/mol. The van der Waals surface area contributed by atoms with Crippen LogP contribution in [-0.2, 0) is 0 Å². The van der Waals surface area contributed by atoms with E-state index in [9.17, 15) is 9.18 Å². The SMILES string of the molecule is COc1cc(C(=O)O)cc(F)c1Cl. The van der Waals surface area contributed by atoms with E-state index < -0.39 is 11.8 Å². The zero-order valence-corrected chi connectivity index (χ0v) is 7.43. The van der Waals surface area contributed by atoms with Crippen molar-refractivity contribution in [3.05, 3.63) is 28.5 Å². The van der Waals surface area contributed by atoms with E-state index in [1.807, 2.05) is 0 Å². The number of carboxylic acids is 1. The predicted octanol–water partition coefficient (Wildman–Crippen LogP) is 2.19. The molecular weight excluding hydrogens is 199 g/mol. The number of hydrogen-bond acceptors (Lipinski definition) is 2. The smallest absolute Gasteiger partial charge is 0.335 e. The number of rotatable bonds is 2. The zero-order valence-electron chi connectivity index (χ0n) is 6.67. The lowest BCUT2D eigenvalue weighted by molar-refractivity contribution is 0.0696. The van der Waals surface area contributed by atoms with Gasteiger partial charge in [0, 0.05) is 0 Å². The first-order valence-corrected chi connectivity index (χ1v) is 3.70. The maximum atomic E-state index is 12.9. The fraction of sp³-hybridized carbons (Fsp3) is 0.125. The molecule has 0 aliphatic heterocycles. The third-order valence-electron chi connectivity index (χ3n) is 1.46. The summed E-state index contributed by atoms with van der Waals surface area (Å²) >= 11 is 5.48. The van der Waals surface area contributed by atoms with Gasteiger partial charge >= 0.3 is 5.97 Å². The highest BCUT2D eigenvalue weighted by Gasteiger charge is 2.12. The quantitative estimate of drug-likeness (QED) is 0.803. The van der Waals surface area contributed by atoms with Crippen molar-refractivity contribution < 1.29 is 19.0 Å². The molecule has 0 saturated heterocycles. The second-order valence-electron chi connectivity index (χ2n) is 2.28. The summed E-state index contributed by atoms with van der Waals surface area (Å²) in [6, 6.07) is 2.00. The normalized spacial score (nSPS) is 9.77. The lowest BCUT2D eigenvalue weighted by atomic mass is 10.2. The topological polar surface area (TPSA) is 46.5 Å². The molecule has 0 bridgehead atoms. The Morgan fingerprint density at radius 3 is 2.69 bits per heavy atom. The monoisotopic (exact) mass is 204 g/mol. The number of benzene rings is 1. The molecule has 0 radical (unpaired) electrons. The molecule has 0 aliphatic carbocycles. The summed E-state index contributed by atoms with van der Waals surface area (Å²) in [5.74, 6) is -2.02. The Bertz CT molecular complexity index is 351. The molecule has 0 atom stereocenters. The van der Waals surface area contributed by atoms with Crippen LogP contribution in [0.1, 0.15) is 10.4 Å². The molecule has 0 saturated carbocycles. The summed E-state index contributed by atoms with van der Waals surface area (Å²) in [5, 5.41) is 8.34. The minimum atomic E-state index is -1.23. The van der Waals surface area contributed by atoms with Gasteiger partial charge in [-0.2, -0.15) is 0 Å². The second-order valence-corrected chi connectivity index (χ2v) is 2.66. The van der Waals surface area contributed by atoms with Crippen molar-refractivity contribution in [1.29, 1.82) is 0 Å². The van der Waals surface area contributed by atoms with E-state index in [-0.39, 0.29) is 16.3 Å². The van der Waals surface area contributed by atoms with Gasteiger partial charge in [0.1, 0.15) is 16.6 Å². The first-order valence-electron chi connectivity index (χ1n) is 3.32. The summed E-state index contributed by atoms with van der Waals surface area (Å²) in [6.45, 7) is 0. The number of methoxy groups -OCH3 is 1. The van der Waals surface area contributed by atoms with E-state index in [0.717, 1.165) is 12.1 Å². The van der Waals surface area contributed by atoms with Crippen LogP contribution < -0.4 is 4.74 Å². The Labute approximate surface area is 78.7 Å². The first kappa shape index (κ1) is 9.80. The van der Waals surface area contributed by atoms with Gasteiger partial charge < -0.3 is 9.84 Å². The van der Waals surface area contributed by atoms with Crippen LogP contribution in [0, 0.1) is 5.82 Å². The third kappa shape index (κ3) is 1.89. The van der Waals surface area contributed by atoms with E-state index in [0.29, 0.717) is 0 Å². The van der Waals surface area contributed by atoms with E-state index in [2.05, 4.69) is 4.74 Å². The number of carbonyl (C=O) groups is 1. The molecule has 13 heavy (non-hydrogen) atoms. The maximum absolute atomic E-state index is 12.9. The highest BCUT2D eigenvalue weighted by atomic mass is 35.5. The fourth-order valence-electron chi connectivity index (χ4n) is 0.836. The molecule has 0 aromatic heterocycles. The number of ether oxygens (including phenoxy) is 1. The van der Waals surface area contributed by atoms with Crippen molar-refractivity contribution in [2.75, 3.05) is 7.11 Å².